The summed E-state index contributed by atoms with van der Waals surface area (Å²) in [6, 6.07) is 0. The molecule has 2 aliphatic carbocycles. The first kappa shape index (κ1) is 19.4. The summed E-state index contributed by atoms with van der Waals surface area (Å²) in [6.45, 7) is 14.5. The molecular weight excluding hydrogens is 304 g/mol. The highest BCUT2D eigenvalue weighted by molar-refractivity contribution is 6.74. The van der Waals surface area contributed by atoms with Gasteiger partial charge in [-0.05, 0) is 67.5 Å². The highest BCUT2D eigenvalue weighted by atomic mass is 28.4. The molecule has 0 bridgehead atoms. The van der Waals surface area contributed by atoms with E-state index < -0.39 is 8.32 Å². The first-order valence-electron chi connectivity index (χ1n) is 9.57. The minimum absolute atomic E-state index is 0.212. The maximum Gasteiger partial charge on any atom is 0.191 e. The van der Waals surface area contributed by atoms with Crippen molar-refractivity contribution in [2.24, 2.45) is 23.7 Å². The Morgan fingerprint density at radius 1 is 1.04 bits per heavy atom. The molecule has 6 atom stereocenters. The Hall–Kier alpha value is 0.0969. The van der Waals surface area contributed by atoms with Crippen molar-refractivity contribution in [2.45, 2.75) is 90.1 Å². The van der Waals surface area contributed by atoms with Crippen molar-refractivity contribution in [3.63, 3.8) is 0 Å². The Kier molecular flexibility index (Phi) is 6.03. The molecule has 2 aliphatic rings. The average Bonchev–Trinajstić information content (AvgIpc) is 2.47. The van der Waals surface area contributed by atoms with Crippen molar-refractivity contribution >= 4 is 8.32 Å². The van der Waals surface area contributed by atoms with Crippen LogP contribution in [-0.2, 0) is 4.43 Å². The van der Waals surface area contributed by atoms with Gasteiger partial charge in [0.25, 0.3) is 0 Å². The fourth-order valence-electron chi connectivity index (χ4n) is 4.45. The Morgan fingerprint density at radius 3 is 2.22 bits per heavy atom. The summed E-state index contributed by atoms with van der Waals surface area (Å²) in [5.41, 5.74) is 0. The zero-order valence-electron chi connectivity index (χ0n) is 16.0. The van der Waals surface area contributed by atoms with Crippen LogP contribution in [0.2, 0.25) is 18.1 Å². The van der Waals surface area contributed by atoms with Crippen LogP contribution < -0.4 is 0 Å². The van der Waals surface area contributed by atoms with Gasteiger partial charge in [-0.2, -0.15) is 0 Å². The summed E-state index contributed by atoms with van der Waals surface area (Å²) in [5.74, 6) is 1.64. The molecule has 3 nitrogen and oxygen atoms in total. The van der Waals surface area contributed by atoms with E-state index in [9.17, 15) is 10.2 Å². The molecule has 2 fully saturated rings. The molecule has 0 spiro atoms. The molecule has 0 amide bonds. The summed E-state index contributed by atoms with van der Waals surface area (Å²) in [5, 5.41) is 21.2. The van der Waals surface area contributed by atoms with E-state index in [0.29, 0.717) is 17.8 Å². The van der Waals surface area contributed by atoms with Crippen LogP contribution in [0.4, 0.5) is 0 Å². The van der Waals surface area contributed by atoms with E-state index >= 15 is 0 Å². The van der Waals surface area contributed by atoms with Crippen molar-refractivity contribution in [3.05, 3.63) is 0 Å². The van der Waals surface area contributed by atoms with Crippen LogP contribution in [-0.4, -0.2) is 37.3 Å². The second-order valence-electron chi connectivity index (χ2n) is 9.53. The van der Waals surface area contributed by atoms with Crippen LogP contribution in [0.25, 0.3) is 0 Å². The smallest absolute Gasteiger partial charge is 0.191 e. The van der Waals surface area contributed by atoms with E-state index in [-0.39, 0.29) is 23.2 Å². The van der Waals surface area contributed by atoms with Crippen molar-refractivity contribution in [3.8, 4) is 0 Å². The van der Waals surface area contributed by atoms with E-state index in [0.717, 1.165) is 38.7 Å². The van der Waals surface area contributed by atoms with Crippen LogP contribution in [0.15, 0.2) is 0 Å². The molecule has 0 aromatic heterocycles. The molecule has 2 N–H and O–H groups in total. The largest absolute Gasteiger partial charge is 0.417 e. The Labute approximate surface area is 144 Å². The lowest BCUT2D eigenvalue weighted by Gasteiger charge is -2.49. The van der Waals surface area contributed by atoms with Crippen molar-refractivity contribution in [2.75, 3.05) is 6.61 Å². The third-order valence-electron chi connectivity index (χ3n) is 6.99. The highest BCUT2D eigenvalue weighted by Gasteiger charge is 2.47. The molecule has 0 aromatic rings. The summed E-state index contributed by atoms with van der Waals surface area (Å²) in [6.07, 6.45) is 4.35. The molecule has 3 unspecified atom stereocenters. The second kappa shape index (κ2) is 7.15. The molecule has 2 saturated carbocycles. The summed E-state index contributed by atoms with van der Waals surface area (Å²) in [7, 11) is -1.71. The zero-order valence-corrected chi connectivity index (χ0v) is 17.0. The monoisotopic (exact) mass is 342 g/mol. The molecule has 0 heterocycles. The first-order chi connectivity index (χ1) is 10.6. The van der Waals surface area contributed by atoms with Gasteiger partial charge in [0, 0.05) is 6.61 Å². The predicted octanol–water partition coefficient (Wildman–Crippen LogP) is 4.19. The van der Waals surface area contributed by atoms with Crippen molar-refractivity contribution in [1.29, 1.82) is 0 Å². The number of aliphatic hydroxyl groups excluding tert-OH is 2. The summed E-state index contributed by atoms with van der Waals surface area (Å²) >= 11 is 0. The SMILES string of the molecule is CC[C@H]1CC(CO[Si](C)(C)C(C)(C)C)CC2C1[C@H](O)CC[C@@H]2O. The molecule has 0 aliphatic heterocycles. The quantitative estimate of drug-likeness (QED) is 0.753. The zero-order chi connectivity index (χ0) is 17.4. The molecule has 136 valence electrons. The van der Waals surface area contributed by atoms with Gasteiger partial charge in [0.05, 0.1) is 12.2 Å². The number of fused-ring (bicyclic) bond motifs is 1. The van der Waals surface area contributed by atoms with Crippen LogP contribution in [0.5, 0.6) is 0 Å². The summed E-state index contributed by atoms with van der Waals surface area (Å²) < 4.78 is 6.46. The maximum atomic E-state index is 10.5. The molecule has 23 heavy (non-hydrogen) atoms. The Bertz CT molecular complexity index is 391. The van der Waals surface area contributed by atoms with E-state index in [2.05, 4.69) is 40.8 Å². The van der Waals surface area contributed by atoms with Gasteiger partial charge in [-0.1, -0.05) is 34.1 Å². The van der Waals surface area contributed by atoms with E-state index in [1.807, 2.05) is 0 Å². The van der Waals surface area contributed by atoms with Gasteiger partial charge >= 0.3 is 0 Å². The minimum Gasteiger partial charge on any atom is -0.417 e. The first-order valence-corrected chi connectivity index (χ1v) is 12.5. The van der Waals surface area contributed by atoms with Gasteiger partial charge in [-0.25, -0.2) is 0 Å². The van der Waals surface area contributed by atoms with Crippen LogP contribution in [0, 0.1) is 23.7 Å². The van der Waals surface area contributed by atoms with E-state index in [4.69, 9.17) is 4.43 Å². The van der Waals surface area contributed by atoms with Gasteiger partial charge in [0.15, 0.2) is 8.32 Å². The van der Waals surface area contributed by atoms with Crippen LogP contribution in [0.3, 0.4) is 0 Å². The van der Waals surface area contributed by atoms with Crippen LogP contribution in [0.1, 0.15) is 59.8 Å². The normalized spacial score (nSPS) is 39.1. The third kappa shape index (κ3) is 4.20. The Balaban J connectivity index is 2.02. The molecule has 0 saturated heterocycles. The lowest BCUT2D eigenvalue weighted by molar-refractivity contribution is -0.101. The van der Waals surface area contributed by atoms with Gasteiger partial charge in [0.2, 0.25) is 0 Å². The Morgan fingerprint density at radius 2 is 1.65 bits per heavy atom. The molecular formula is C19H38O3Si. The predicted molar refractivity (Wildman–Crippen MR) is 97.9 cm³/mol. The van der Waals surface area contributed by atoms with Gasteiger partial charge in [-0.15, -0.1) is 0 Å². The van der Waals surface area contributed by atoms with Crippen molar-refractivity contribution in [1.82, 2.24) is 0 Å². The molecule has 4 heteroatoms. The minimum atomic E-state index is -1.71. The standard InChI is InChI=1S/C19H38O3Si/c1-7-14-10-13(12-22-23(5,6)19(2,3)4)11-15-16(20)8-9-17(21)18(14)15/h13-18,20-21H,7-12H2,1-6H3/t13?,14-,15?,16-,17+,18?/m0/s1. The molecule has 0 aromatic carbocycles. The van der Waals surface area contributed by atoms with Gasteiger partial charge in [0.1, 0.15) is 0 Å². The number of hydrogen-bond donors (Lipinski definition) is 2. The lowest BCUT2D eigenvalue weighted by atomic mass is 9.60. The highest BCUT2D eigenvalue weighted by Crippen LogP contribution is 2.48. The van der Waals surface area contributed by atoms with Crippen molar-refractivity contribution < 1.29 is 14.6 Å². The summed E-state index contributed by atoms with van der Waals surface area (Å²) in [4.78, 5) is 0. The van der Waals surface area contributed by atoms with Gasteiger partial charge in [-0.3, -0.25) is 0 Å². The number of rotatable bonds is 4. The van der Waals surface area contributed by atoms with E-state index in [1.54, 1.807) is 0 Å². The third-order valence-corrected chi connectivity index (χ3v) is 11.5. The molecule has 0 radical (unpaired) electrons. The molecule has 2 rings (SSSR count). The topological polar surface area (TPSA) is 49.7 Å². The maximum absolute atomic E-state index is 10.5. The number of aliphatic hydroxyl groups is 2. The average molecular weight is 343 g/mol. The second-order valence-corrected chi connectivity index (χ2v) is 14.3. The van der Waals surface area contributed by atoms with Gasteiger partial charge < -0.3 is 14.6 Å². The lowest BCUT2D eigenvalue weighted by Crippen LogP contribution is -2.50. The van der Waals surface area contributed by atoms with Crippen LogP contribution >= 0.6 is 0 Å². The fraction of sp³-hybridized carbons (Fsp3) is 1.00. The van der Waals surface area contributed by atoms with E-state index in [1.165, 1.54) is 0 Å². The number of hydrogen-bond acceptors (Lipinski definition) is 3. The fourth-order valence-corrected chi connectivity index (χ4v) is 5.54.